The van der Waals surface area contributed by atoms with Crippen LogP contribution in [-0.2, 0) is 4.43 Å². The number of imidazole rings is 1. The van der Waals surface area contributed by atoms with E-state index in [9.17, 15) is 9.90 Å². The molecule has 0 saturated heterocycles. The van der Waals surface area contributed by atoms with E-state index in [0.29, 0.717) is 11.5 Å². The summed E-state index contributed by atoms with van der Waals surface area (Å²) < 4.78 is 15.2. The minimum atomic E-state index is -2.04. The highest BCUT2D eigenvalue weighted by molar-refractivity contribution is 14.1. The highest BCUT2D eigenvalue weighted by atomic mass is 127. The van der Waals surface area contributed by atoms with Gasteiger partial charge in [0, 0.05) is 34.1 Å². The van der Waals surface area contributed by atoms with Gasteiger partial charge in [-0.05, 0) is 59.8 Å². The van der Waals surface area contributed by atoms with E-state index < -0.39 is 20.5 Å². The minimum Gasteiger partial charge on any atom is -0.465 e. The number of nitrogens with zero attached hydrogens (tertiary/aromatic N) is 3. The number of benzene rings is 1. The van der Waals surface area contributed by atoms with E-state index in [-0.39, 0.29) is 17.7 Å². The van der Waals surface area contributed by atoms with E-state index in [1.54, 1.807) is 6.20 Å². The molecule has 8 nitrogen and oxygen atoms in total. The lowest BCUT2D eigenvalue weighted by molar-refractivity contribution is 0.184. The average molecular weight is 583 g/mol. The molecule has 3 rings (SSSR count). The number of nitrogens with one attached hydrogen (secondary N) is 1. The number of amides is 1. The van der Waals surface area contributed by atoms with Crippen molar-refractivity contribution in [2.24, 2.45) is 0 Å². The van der Waals surface area contributed by atoms with E-state index in [1.165, 1.54) is 0 Å². The summed E-state index contributed by atoms with van der Waals surface area (Å²) in [6, 6.07) is 9.33. The van der Waals surface area contributed by atoms with Gasteiger partial charge in [0.05, 0.1) is 6.04 Å². The molecule has 0 saturated carbocycles. The lowest BCUT2D eigenvalue weighted by atomic mass is 10.1. The van der Waals surface area contributed by atoms with Crippen LogP contribution in [0.5, 0.6) is 0 Å². The van der Waals surface area contributed by atoms with Gasteiger partial charge in [0.1, 0.15) is 17.6 Å². The Morgan fingerprint density at radius 1 is 1.30 bits per heavy atom. The third-order valence-corrected chi connectivity index (χ3v) is 11.4. The fourth-order valence-corrected chi connectivity index (χ4v) is 5.00. The average Bonchev–Trinajstić information content (AvgIpc) is 3.38. The normalized spacial score (nSPS) is 14.2. The summed E-state index contributed by atoms with van der Waals surface area (Å²) in [6.45, 7) is 13.1. The fourth-order valence-electron chi connectivity index (χ4n) is 3.30. The van der Waals surface area contributed by atoms with Gasteiger partial charge in [-0.2, -0.15) is 0 Å². The van der Waals surface area contributed by atoms with E-state index in [4.69, 9.17) is 8.95 Å². The van der Waals surface area contributed by atoms with Gasteiger partial charge in [-0.1, -0.05) is 38.1 Å². The second kappa shape index (κ2) is 9.98. The second-order valence-electron chi connectivity index (χ2n) is 9.54. The Morgan fingerprint density at radius 3 is 2.58 bits per heavy atom. The number of carboxylic acid groups (broad SMARTS) is 1. The monoisotopic (exact) mass is 582 g/mol. The van der Waals surface area contributed by atoms with Crippen LogP contribution in [0.3, 0.4) is 0 Å². The van der Waals surface area contributed by atoms with Crippen molar-refractivity contribution >= 4 is 37.0 Å². The van der Waals surface area contributed by atoms with Crippen LogP contribution < -0.4 is 5.32 Å². The highest BCUT2D eigenvalue weighted by Crippen LogP contribution is 2.40. The molecule has 0 aliphatic rings. The second-order valence-corrected chi connectivity index (χ2v) is 15.5. The molecule has 0 aliphatic carbocycles. The van der Waals surface area contributed by atoms with Gasteiger partial charge in [-0.3, -0.25) is 0 Å². The molecule has 0 spiro atoms. The first-order valence-electron chi connectivity index (χ1n) is 10.8. The molecule has 0 aliphatic heterocycles. The smallest absolute Gasteiger partial charge is 0.404 e. The van der Waals surface area contributed by atoms with Crippen molar-refractivity contribution in [3.05, 3.63) is 57.8 Å². The molecule has 178 valence electrons. The molecular formula is C23H31IN4O4Si. The third-order valence-electron chi connectivity index (χ3n) is 6.12. The molecule has 1 aromatic carbocycles. The Kier molecular flexibility index (Phi) is 7.69. The summed E-state index contributed by atoms with van der Waals surface area (Å²) in [5.41, 5.74) is 1.51. The van der Waals surface area contributed by atoms with Gasteiger partial charge in [-0.15, -0.1) is 0 Å². The van der Waals surface area contributed by atoms with E-state index in [1.807, 2.05) is 48.0 Å². The summed E-state index contributed by atoms with van der Waals surface area (Å²) in [7, 11) is -2.04. The standard InChI is InChI=1S/C23H31IN4O4Si/c1-15(32-33(5,6)23(2,3)4)21-25-11-12-28(21)19(14-26-22(29)30)18-13-20(31-27-18)16-7-9-17(24)10-8-16/h7-13,15,19,26H,14H2,1-6H3,(H,29,30). The molecule has 3 aromatic rings. The van der Waals surface area contributed by atoms with E-state index in [2.05, 4.69) is 71.9 Å². The lowest BCUT2D eigenvalue weighted by Gasteiger charge is -2.38. The zero-order valence-electron chi connectivity index (χ0n) is 19.8. The molecule has 2 N–H and O–H groups in total. The van der Waals surface area contributed by atoms with E-state index >= 15 is 0 Å². The van der Waals surface area contributed by atoms with Crippen molar-refractivity contribution in [2.75, 3.05) is 6.54 Å². The maximum Gasteiger partial charge on any atom is 0.404 e. The number of rotatable bonds is 8. The maximum absolute atomic E-state index is 11.3. The molecule has 0 bridgehead atoms. The molecule has 1 amide bonds. The molecule has 2 atom stereocenters. The summed E-state index contributed by atoms with van der Waals surface area (Å²) in [5.74, 6) is 1.34. The highest BCUT2D eigenvalue weighted by Gasteiger charge is 2.39. The Balaban J connectivity index is 1.94. The van der Waals surface area contributed by atoms with Crippen molar-refractivity contribution in [2.45, 2.75) is 58.0 Å². The first-order valence-corrected chi connectivity index (χ1v) is 14.8. The summed E-state index contributed by atoms with van der Waals surface area (Å²) in [5, 5.41) is 16.0. The number of hydrogen-bond donors (Lipinski definition) is 2. The first-order chi connectivity index (χ1) is 15.4. The third kappa shape index (κ3) is 6.04. The van der Waals surface area contributed by atoms with Crippen LogP contribution in [0.2, 0.25) is 18.1 Å². The summed E-state index contributed by atoms with van der Waals surface area (Å²) in [4.78, 5) is 15.8. The number of aromatic nitrogens is 3. The largest absolute Gasteiger partial charge is 0.465 e. The zero-order chi connectivity index (χ0) is 24.4. The molecule has 33 heavy (non-hydrogen) atoms. The predicted molar refractivity (Wildman–Crippen MR) is 138 cm³/mol. The molecule has 2 aromatic heterocycles. The van der Waals surface area contributed by atoms with Gasteiger partial charge in [0.2, 0.25) is 0 Å². The molecule has 2 unspecified atom stereocenters. The van der Waals surface area contributed by atoms with Gasteiger partial charge in [0.25, 0.3) is 0 Å². The van der Waals surface area contributed by atoms with Gasteiger partial charge in [-0.25, -0.2) is 9.78 Å². The van der Waals surface area contributed by atoms with E-state index in [0.717, 1.165) is 15.0 Å². The van der Waals surface area contributed by atoms with Crippen LogP contribution >= 0.6 is 22.6 Å². The number of halogens is 1. The minimum absolute atomic E-state index is 0.0530. The topological polar surface area (TPSA) is 102 Å². The Labute approximate surface area is 209 Å². The van der Waals surface area contributed by atoms with Crippen molar-refractivity contribution in [3.8, 4) is 11.3 Å². The molecule has 2 heterocycles. The van der Waals surface area contributed by atoms with Crippen molar-refractivity contribution in [1.29, 1.82) is 0 Å². The van der Waals surface area contributed by atoms with Crippen molar-refractivity contribution in [1.82, 2.24) is 20.0 Å². The van der Waals surface area contributed by atoms with Crippen LogP contribution in [0.15, 0.2) is 47.2 Å². The predicted octanol–water partition coefficient (Wildman–Crippen LogP) is 6.08. The van der Waals surface area contributed by atoms with Crippen LogP contribution in [0.25, 0.3) is 11.3 Å². The molecular weight excluding hydrogens is 551 g/mol. The van der Waals surface area contributed by atoms with Gasteiger partial charge >= 0.3 is 6.09 Å². The van der Waals surface area contributed by atoms with Crippen LogP contribution in [-0.4, -0.2) is 40.8 Å². The maximum atomic E-state index is 11.3. The van der Waals surface area contributed by atoms with Gasteiger partial charge in [0.15, 0.2) is 14.1 Å². The summed E-state index contributed by atoms with van der Waals surface area (Å²) in [6.07, 6.45) is 2.16. The number of hydrogen-bond acceptors (Lipinski definition) is 5. The van der Waals surface area contributed by atoms with Crippen LogP contribution in [0.4, 0.5) is 4.79 Å². The first kappa shape index (κ1) is 25.4. The lowest BCUT2D eigenvalue weighted by Crippen LogP contribution is -2.42. The zero-order valence-corrected chi connectivity index (χ0v) is 23.0. The van der Waals surface area contributed by atoms with Crippen LogP contribution in [0, 0.1) is 3.57 Å². The fraction of sp³-hybridized carbons (Fsp3) is 0.435. The Bertz CT molecular complexity index is 1090. The van der Waals surface area contributed by atoms with Gasteiger partial charge < -0.3 is 23.9 Å². The quantitative estimate of drug-likeness (QED) is 0.247. The van der Waals surface area contributed by atoms with Crippen molar-refractivity contribution in [3.63, 3.8) is 0 Å². The Morgan fingerprint density at radius 2 is 1.97 bits per heavy atom. The van der Waals surface area contributed by atoms with Crippen LogP contribution in [0.1, 0.15) is 51.4 Å². The molecule has 0 radical (unpaired) electrons. The molecule has 0 fully saturated rings. The number of carbonyl (C=O) groups is 1. The summed E-state index contributed by atoms with van der Waals surface area (Å²) >= 11 is 2.25. The Hall–Kier alpha value is -2.18. The SMILES string of the molecule is CC(O[Si](C)(C)C(C)(C)C)c1nccn1C(CNC(=O)O)c1cc(-c2ccc(I)cc2)on1. The van der Waals surface area contributed by atoms with Crippen molar-refractivity contribution < 1.29 is 18.9 Å². The molecule has 10 heteroatoms.